The quantitative estimate of drug-likeness (QED) is 0.434. The van der Waals surface area contributed by atoms with Crippen LogP contribution in [0.25, 0.3) is 16.5 Å². The number of rotatable bonds is 4. The van der Waals surface area contributed by atoms with Gasteiger partial charge in [-0.2, -0.15) is 0 Å². The first-order valence-corrected chi connectivity index (χ1v) is 15.1. The monoisotopic (exact) mass is 581 g/mol. The first-order chi connectivity index (χ1) is 20.7. The molecule has 1 aliphatic carbocycles. The van der Waals surface area contributed by atoms with E-state index in [-0.39, 0.29) is 24.3 Å². The van der Waals surface area contributed by atoms with E-state index in [1.54, 1.807) is 4.90 Å². The van der Waals surface area contributed by atoms with Crippen LogP contribution in [0.2, 0.25) is 0 Å². The number of hydrogen-bond acceptors (Lipinski definition) is 6. The number of H-pyrrole nitrogens is 1. The Labute approximate surface area is 249 Å². The molecule has 10 nitrogen and oxygen atoms in total. The zero-order valence-corrected chi connectivity index (χ0v) is 24.2. The van der Waals surface area contributed by atoms with Gasteiger partial charge in [0.15, 0.2) is 0 Å². The van der Waals surface area contributed by atoms with E-state index in [1.807, 2.05) is 49.5 Å². The predicted octanol–water partition coefficient (Wildman–Crippen LogP) is 1.99. The lowest BCUT2D eigenvalue weighted by atomic mass is 9.79. The number of aromatic amines is 1. The lowest BCUT2D eigenvalue weighted by molar-refractivity contribution is -0.315. The van der Waals surface area contributed by atoms with Gasteiger partial charge in [0.05, 0.1) is 5.92 Å². The SMILES string of the molecule is CN1CC(C(=O)N[C@]2(C)O[C@@]3(O)[C@@H]4CCCN4C(=O)[C@H](Cc4ccccc4)N3C2=O)C=C2c3cccc4[nH]cc(c34)C[C@H]21. The number of piperazine rings is 1. The van der Waals surface area contributed by atoms with E-state index >= 15 is 0 Å². The molecule has 4 aliphatic heterocycles. The summed E-state index contributed by atoms with van der Waals surface area (Å²) in [6.07, 6.45) is 6.38. The minimum atomic E-state index is -2.04. The van der Waals surface area contributed by atoms with Gasteiger partial charge < -0.3 is 20.3 Å². The maximum absolute atomic E-state index is 14.2. The van der Waals surface area contributed by atoms with Gasteiger partial charge in [-0.25, -0.2) is 0 Å². The van der Waals surface area contributed by atoms with Crippen LogP contribution in [0.15, 0.2) is 60.8 Å². The van der Waals surface area contributed by atoms with Crippen LogP contribution in [0.5, 0.6) is 0 Å². The van der Waals surface area contributed by atoms with E-state index in [2.05, 4.69) is 33.5 Å². The number of carbonyl (C=O) groups excluding carboxylic acids is 3. The van der Waals surface area contributed by atoms with E-state index in [1.165, 1.54) is 22.8 Å². The van der Waals surface area contributed by atoms with Crippen LogP contribution in [-0.2, 0) is 32.0 Å². The van der Waals surface area contributed by atoms with Crippen LogP contribution in [0.4, 0.5) is 0 Å². The molecule has 0 radical (unpaired) electrons. The summed E-state index contributed by atoms with van der Waals surface area (Å²) in [4.78, 5) is 50.2. The minimum absolute atomic E-state index is 0.144. The van der Waals surface area contributed by atoms with E-state index in [0.29, 0.717) is 25.9 Å². The molecule has 0 saturated carbocycles. The molecule has 3 N–H and O–H groups in total. The van der Waals surface area contributed by atoms with Crippen molar-refractivity contribution in [1.29, 1.82) is 0 Å². The van der Waals surface area contributed by atoms with Crippen molar-refractivity contribution < 1.29 is 24.2 Å². The van der Waals surface area contributed by atoms with Crippen LogP contribution in [0.3, 0.4) is 0 Å². The van der Waals surface area contributed by atoms with Gasteiger partial charge in [0.25, 0.3) is 11.8 Å². The number of nitrogens with one attached hydrogen (secondary N) is 2. The molecule has 0 spiro atoms. The van der Waals surface area contributed by atoms with Gasteiger partial charge >= 0.3 is 0 Å². The van der Waals surface area contributed by atoms with E-state index in [9.17, 15) is 19.5 Å². The second-order valence-corrected chi connectivity index (χ2v) is 12.8. The zero-order valence-electron chi connectivity index (χ0n) is 24.2. The largest absolute Gasteiger partial charge is 0.361 e. The fourth-order valence-corrected chi connectivity index (χ4v) is 8.12. The van der Waals surface area contributed by atoms with E-state index in [0.717, 1.165) is 28.6 Å². The highest BCUT2D eigenvalue weighted by molar-refractivity contribution is 6.00. The Morgan fingerprint density at radius 2 is 1.98 bits per heavy atom. The Hall–Kier alpha value is -3.99. The molecule has 3 amide bonds. The van der Waals surface area contributed by atoms with Crippen molar-refractivity contribution in [1.82, 2.24) is 25.0 Å². The summed E-state index contributed by atoms with van der Waals surface area (Å²) in [7, 11) is 2.02. The molecule has 5 aliphatic rings. The highest BCUT2D eigenvalue weighted by atomic mass is 16.7. The number of carbonyl (C=O) groups is 3. The second kappa shape index (κ2) is 9.25. The maximum Gasteiger partial charge on any atom is 0.280 e. The van der Waals surface area contributed by atoms with Crippen LogP contribution in [-0.4, -0.2) is 92.4 Å². The van der Waals surface area contributed by atoms with Crippen molar-refractivity contribution in [2.45, 2.75) is 62.4 Å². The number of benzene rings is 2. The Bertz CT molecular complexity index is 1700. The molecule has 5 heterocycles. The highest BCUT2D eigenvalue weighted by Gasteiger charge is 2.70. The van der Waals surface area contributed by atoms with Crippen LogP contribution < -0.4 is 5.32 Å². The molecule has 43 heavy (non-hydrogen) atoms. The molecule has 1 unspecified atom stereocenters. The standard InChI is InChI=1S/C33H35N5O5/c1-32(35-29(39)21-15-23-22-10-6-11-24-28(22)20(17-34-24)16-25(23)36(2)18-21)31(41)38-26(14-19-8-4-3-5-9-19)30(40)37-13-7-12-27(37)33(38,42)43-32/h3-6,8-11,15,17,21,25-27,34,42H,7,12-14,16,18H2,1-2H3,(H,35,39)/t21?,25-,26+,27+,32-,33+/m1/s1. The fourth-order valence-electron chi connectivity index (χ4n) is 8.12. The first-order valence-electron chi connectivity index (χ1n) is 15.1. The molecule has 3 aromatic rings. The normalized spacial score (nSPS) is 33.3. The lowest BCUT2D eigenvalue weighted by Gasteiger charge is -2.48. The summed E-state index contributed by atoms with van der Waals surface area (Å²) in [6.45, 7) is 2.45. The molecule has 0 bridgehead atoms. The summed E-state index contributed by atoms with van der Waals surface area (Å²) in [6, 6.07) is 14.1. The smallest absolute Gasteiger partial charge is 0.280 e. The molecule has 3 fully saturated rings. The molecule has 1 aromatic heterocycles. The summed E-state index contributed by atoms with van der Waals surface area (Å²) in [5, 5.41) is 16.1. The van der Waals surface area contributed by atoms with Crippen molar-refractivity contribution in [3.63, 3.8) is 0 Å². The summed E-state index contributed by atoms with van der Waals surface area (Å²) >= 11 is 0. The number of aliphatic hydroxyl groups is 1. The summed E-state index contributed by atoms with van der Waals surface area (Å²) < 4.78 is 6.23. The molecule has 222 valence electrons. The number of amides is 3. The van der Waals surface area contributed by atoms with Gasteiger partial charge in [-0.3, -0.25) is 28.9 Å². The number of hydrogen-bond donors (Lipinski definition) is 3. The third-order valence-corrected chi connectivity index (χ3v) is 10.1. The molecular formula is C33H35N5O5. The third-order valence-electron chi connectivity index (χ3n) is 10.1. The van der Waals surface area contributed by atoms with Gasteiger partial charge in [-0.15, -0.1) is 0 Å². The zero-order chi connectivity index (χ0) is 29.7. The van der Waals surface area contributed by atoms with Crippen LogP contribution in [0, 0.1) is 5.92 Å². The number of aromatic nitrogens is 1. The van der Waals surface area contributed by atoms with Gasteiger partial charge in [0.2, 0.25) is 17.5 Å². The summed E-state index contributed by atoms with van der Waals surface area (Å²) in [5.41, 5.74) is 3.58. The Morgan fingerprint density at radius 3 is 2.79 bits per heavy atom. The summed E-state index contributed by atoms with van der Waals surface area (Å²) in [5.74, 6) is -3.77. The van der Waals surface area contributed by atoms with Crippen molar-refractivity contribution >= 4 is 34.2 Å². The van der Waals surface area contributed by atoms with Crippen molar-refractivity contribution in [3.05, 3.63) is 77.5 Å². The van der Waals surface area contributed by atoms with Gasteiger partial charge in [-0.1, -0.05) is 48.5 Å². The Morgan fingerprint density at radius 1 is 1.16 bits per heavy atom. The maximum atomic E-state index is 14.2. The predicted molar refractivity (Wildman–Crippen MR) is 158 cm³/mol. The molecular weight excluding hydrogens is 546 g/mol. The minimum Gasteiger partial charge on any atom is -0.361 e. The molecule has 3 saturated heterocycles. The van der Waals surface area contributed by atoms with Crippen molar-refractivity contribution in [2.24, 2.45) is 5.92 Å². The lowest BCUT2D eigenvalue weighted by Crippen LogP contribution is -2.71. The first kappa shape index (κ1) is 26.6. The van der Waals surface area contributed by atoms with Gasteiger partial charge in [-0.05, 0) is 61.6 Å². The fraction of sp³-hybridized carbons (Fsp3) is 0.424. The van der Waals surface area contributed by atoms with Crippen molar-refractivity contribution in [3.8, 4) is 0 Å². The number of ether oxygens (including phenoxy) is 1. The molecule has 2 aromatic carbocycles. The number of likely N-dealkylation sites (N-methyl/N-ethyl adjacent to an activating group) is 1. The van der Waals surface area contributed by atoms with E-state index in [4.69, 9.17) is 4.74 Å². The van der Waals surface area contributed by atoms with Gasteiger partial charge in [0, 0.05) is 42.7 Å². The topological polar surface area (TPSA) is 118 Å². The Balaban J connectivity index is 1.11. The molecule has 10 heteroatoms. The van der Waals surface area contributed by atoms with E-state index < -0.39 is 35.5 Å². The highest BCUT2D eigenvalue weighted by Crippen LogP contribution is 2.46. The van der Waals surface area contributed by atoms with Crippen molar-refractivity contribution in [2.75, 3.05) is 20.1 Å². The van der Waals surface area contributed by atoms with Gasteiger partial charge in [0.1, 0.15) is 12.1 Å². The van der Waals surface area contributed by atoms with Crippen LogP contribution >= 0.6 is 0 Å². The third kappa shape index (κ3) is 3.79. The average molecular weight is 582 g/mol. The second-order valence-electron chi connectivity index (χ2n) is 12.8. The number of fused-ring (bicyclic) bond motifs is 5. The number of nitrogens with zero attached hydrogens (tertiary/aromatic N) is 3. The average Bonchev–Trinajstić information content (AvgIpc) is 3.70. The Kier molecular flexibility index (Phi) is 5.73. The molecule has 6 atom stereocenters. The van der Waals surface area contributed by atoms with Crippen LogP contribution in [0.1, 0.15) is 36.5 Å². The molecule has 8 rings (SSSR count).